The van der Waals surface area contributed by atoms with E-state index >= 15 is 0 Å². The van der Waals surface area contributed by atoms with Crippen molar-refractivity contribution in [3.8, 4) is 0 Å². The highest BCUT2D eigenvalue weighted by atomic mass is 16.5. The number of rotatable bonds is 3. The number of carboxylic acids is 1. The Labute approximate surface area is 123 Å². The number of para-hydroxylation sites is 1. The van der Waals surface area contributed by atoms with Crippen molar-refractivity contribution in [2.24, 2.45) is 0 Å². The van der Waals surface area contributed by atoms with Crippen LogP contribution in [0.25, 0.3) is 0 Å². The summed E-state index contributed by atoms with van der Waals surface area (Å²) >= 11 is 0. The third-order valence-corrected chi connectivity index (χ3v) is 4.24. The third kappa shape index (κ3) is 2.78. The summed E-state index contributed by atoms with van der Waals surface area (Å²) in [6, 6.07) is 7.25. The summed E-state index contributed by atoms with van der Waals surface area (Å²) in [5, 5.41) is 9.32. The summed E-state index contributed by atoms with van der Waals surface area (Å²) in [7, 11) is 0. The first-order chi connectivity index (χ1) is 10.2. The van der Waals surface area contributed by atoms with Crippen LogP contribution in [0.15, 0.2) is 24.3 Å². The molecule has 3 rings (SSSR count). The minimum absolute atomic E-state index is 0.0257. The molecule has 0 aromatic heterocycles. The SMILES string of the molecule is O=C(O)[C@@H]1CN(C(=O)C[C@@H]2CCCCO2)c2ccccc21. The van der Waals surface area contributed by atoms with Crippen LogP contribution in [0.2, 0.25) is 0 Å². The molecule has 112 valence electrons. The number of anilines is 1. The lowest BCUT2D eigenvalue weighted by Gasteiger charge is -2.25. The summed E-state index contributed by atoms with van der Waals surface area (Å²) in [5.41, 5.74) is 1.45. The highest BCUT2D eigenvalue weighted by Gasteiger charge is 2.36. The normalized spacial score (nSPS) is 24.7. The molecule has 1 fully saturated rings. The van der Waals surface area contributed by atoms with Crippen molar-refractivity contribution in [2.45, 2.75) is 37.7 Å². The first-order valence-corrected chi connectivity index (χ1v) is 7.40. The Kier molecular flexibility index (Phi) is 3.92. The van der Waals surface area contributed by atoms with E-state index in [1.165, 1.54) is 0 Å². The van der Waals surface area contributed by atoms with Crippen LogP contribution in [0.5, 0.6) is 0 Å². The molecule has 0 bridgehead atoms. The lowest BCUT2D eigenvalue weighted by molar-refractivity contribution is -0.138. The first kappa shape index (κ1) is 14.1. The molecule has 5 nitrogen and oxygen atoms in total. The zero-order valence-electron chi connectivity index (χ0n) is 11.8. The predicted molar refractivity (Wildman–Crippen MR) is 77.4 cm³/mol. The van der Waals surface area contributed by atoms with Gasteiger partial charge in [-0.2, -0.15) is 0 Å². The molecular weight excluding hydrogens is 270 g/mol. The molecule has 2 aliphatic rings. The summed E-state index contributed by atoms with van der Waals surface area (Å²) in [6.07, 6.45) is 3.36. The number of aliphatic carboxylic acids is 1. The van der Waals surface area contributed by atoms with Crippen LogP contribution in [0.1, 0.15) is 37.2 Å². The molecule has 1 amide bonds. The van der Waals surface area contributed by atoms with Gasteiger partial charge in [0.1, 0.15) is 5.92 Å². The number of amides is 1. The van der Waals surface area contributed by atoms with E-state index in [-0.39, 0.29) is 18.6 Å². The van der Waals surface area contributed by atoms with E-state index < -0.39 is 11.9 Å². The van der Waals surface area contributed by atoms with Gasteiger partial charge in [-0.05, 0) is 30.9 Å². The number of carbonyl (C=O) groups excluding carboxylic acids is 1. The Balaban J connectivity index is 1.76. The highest BCUT2D eigenvalue weighted by Crippen LogP contribution is 2.36. The molecule has 2 heterocycles. The molecule has 0 aliphatic carbocycles. The monoisotopic (exact) mass is 289 g/mol. The Hall–Kier alpha value is -1.88. The molecule has 2 atom stereocenters. The van der Waals surface area contributed by atoms with Gasteiger partial charge in [0, 0.05) is 18.8 Å². The average molecular weight is 289 g/mol. The predicted octanol–water partition coefficient (Wildman–Crippen LogP) is 2.16. The van der Waals surface area contributed by atoms with Crippen molar-refractivity contribution >= 4 is 17.6 Å². The van der Waals surface area contributed by atoms with Gasteiger partial charge in [-0.3, -0.25) is 9.59 Å². The number of benzene rings is 1. The molecule has 5 heteroatoms. The molecule has 0 saturated carbocycles. The van der Waals surface area contributed by atoms with E-state index in [0.717, 1.165) is 30.5 Å². The van der Waals surface area contributed by atoms with E-state index in [1.54, 1.807) is 11.0 Å². The molecule has 1 N–H and O–H groups in total. The maximum Gasteiger partial charge on any atom is 0.312 e. The maximum absolute atomic E-state index is 12.5. The number of hydrogen-bond acceptors (Lipinski definition) is 3. The van der Waals surface area contributed by atoms with Gasteiger partial charge in [-0.1, -0.05) is 18.2 Å². The Morgan fingerprint density at radius 1 is 1.29 bits per heavy atom. The van der Waals surface area contributed by atoms with E-state index in [4.69, 9.17) is 4.74 Å². The van der Waals surface area contributed by atoms with Crippen molar-refractivity contribution in [1.29, 1.82) is 0 Å². The third-order valence-electron chi connectivity index (χ3n) is 4.24. The molecule has 21 heavy (non-hydrogen) atoms. The Morgan fingerprint density at radius 3 is 2.81 bits per heavy atom. The molecule has 0 unspecified atom stereocenters. The summed E-state index contributed by atoms with van der Waals surface area (Å²) in [4.78, 5) is 25.5. The van der Waals surface area contributed by atoms with Crippen LogP contribution in [0.4, 0.5) is 5.69 Å². The van der Waals surface area contributed by atoms with Crippen molar-refractivity contribution in [2.75, 3.05) is 18.1 Å². The smallest absolute Gasteiger partial charge is 0.312 e. The van der Waals surface area contributed by atoms with E-state index in [9.17, 15) is 14.7 Å². The molecule has 1 saturated heterocycles. The van der Waals surface area contributed by atoms with Crippen molar-refractivity contribution in [1.82, 2.24) is 0 Å². The van der Waals surface area contributed by atoms with Gasteiger partial charge >= 0.3 is 5.97 Å². The second kappa shape index (κ2) is 5.85. The fraction of sp³-hybridized carbons (Fsp3) is 0.500. The van der Waals surface area contributed by atoms with Gasteiger partial charge < -0.3 is 14.7 Å². The molecule has 0 radical (unpaired) electrons. The number of carboxylic acid groups (broad SMARTS) is 1. The summed E-state index contributed by atoms with van der Waals surface area (Å²) < 4.78 is 5.61. The van der Waals surface area contributed by atoms with Crippen LogP contribution in [0, 0.1) is 0 Å². The van der Waals surface area contributed by atoms with Crippen LogP contribution in [0.3, 0.4) is 0 Å². The van der Waals surface area contributed by atoms with Crippen LogP contribution >= 0.6 is 0 Å². The topological polar surface area (TPSA) is 66.8 Å². The van der Waals surface area contributed by atoms with Gasteiger partial charge in [0.2, 0.25) is 5.91 Å². The lowest BCUT2D eigenvalue weighted by atomic mass is 10.0. The Bertz CT molecular complexity index is 551. The summed E-state index contributed by atoms with van der Waals surface area (Å²) in [6.45, 7) is 0.937. The van der Waals surface area contributed by atoms with Gasteiger partial charge in [0.05, 0.1) is 12.5 Å². The fourth-order valence-corrected chi connectivity index (χ4v) is 3.13. The number of hydrogen-bond donors (Lipinski definition) is 1. The number of carbonyl (C=O) groups is 2. The quantitative estimate of drug-likeness (QED) is 0.926. The zero-order valence-corrected chi connectivity index (χ0v) is 11.8. The second-order valence-corrected chi connectivity index (χ2v) is 5.65. The fourth-order valence-electron chi connectivity index (χ4n) is 3.13. The van der Waals surface area contributed by atoms with Crippen LogP contribution in [-0.2, 0) is 14.3 Å². The maximum atomic E-state index is 12.5. The molecule has 1 aromatic rings. The first-order valence-electron chi connectivity index (χ1n) is 7.40. The number of fused-ring (bicyclic) bond motifs is 1. The van der Waals surface area contributed by atoms with E-state index in [2.05, 4.69) is 0 Å². The van der Waals surface area contributed by atoms with E-state index in [1.807, 2.05) is 18.2 Å². The second-order valence-electron chi connectivity index (χ2n) is 5.65. The lowest BCUT2D eigenvalue weighted by Crippen LogP contribution is -2.35. The van der Waals surface area contributed by atoms with Gasteiger partial charge in [-0.15, -0.1) is 0 Å². The molecule has 0 spiro atoms. The van der Waals surface area contributed by atoms with Crippen LogP contribution < -0.4 is 4.90 Å². The van der Waals surface area contributed by atoms with Gasteiger partial charge in [-0.25, -0.2) is 0 Å². The standard InChI is InChI=1S/C16H19NO4/c18-15(9-11-5-3-4-8-21-11)17-10-13(16(19)20)12-6-1-2-7-14(12)17/h1-2,6-7,11,13H,3-5,8-10H2,(H,19,20)/t11-,13+/m0/s1. The number of nitrogens with zero attached hydrogens (tertiary/aromatic N) is 1. The van der Waals surface area contributed by atoms with Crippen LogP contribution in [-0.4, -0.2) is 36.2 Å². The number of ether oxygens (including phenoxy) is 1. The molecule has 2 aliphatic heterocycles. The van der Waals surface area contributed by atoms with E-state index in [0.29, 0.717) is 13.0 Å². The minimum Gasteiger partial charge on any atom is -0.481 e. The average Bonchev–Trinajstić information content (AvgIpc) is 2.88. The molecular formula is C16H19NO4. The zero-order chi connectivity index (χ0) is 14.8. The molecule has 1 aromatic carbocycles. The van der Waals surface area contributed by atoms with Gasteiger partial charge in [0.25, 0.3) is 0 Å². The minimum atomic E-state index is -0.883. The highest BCUT2D eigenvalue weighted by molar-refractivity contribution is 5.99. The summed E-state index contributed by atoms with van der Waals surface area (Å²) in [5.74, 6) is -1.55. The largest absolute Gasteiger partial charge is 0.481 e. The van der Waals surface area contributed by atoms with Gasteiger partial charge in [0.15, 0.2) is 0 Å². The van der Waals surface area contributed by atoms with Crippen molar-refractivity contribution in [3.05, 3.63) is 29.8 Å². The van der Waals surface area contributed by atoms with Crippen molar-refractivity contribution < 1.29 is 19.4 Å². The van der Waals surface area contributed by atoms with Crippen molar-refractivity contribution in [3.63, 3.8) is 0 Å². The Morgan fingerprint density at radius 2 is 2.10 bits per heavy atom.